The monoisotopic (exact) mass is 338 g/mol. The van der Waals surface area contributed by atoms with Gasteiger partial charge in [0.2, 0.25) is 0 Å². The van der Waals surface area contributed by atoms with E-state index in [4.69, 9.17) is 9.47 Å². The Morgan fingerprint density at radius 3 is 2.36 bits per heavy atom. The lowest BCUT2D eigenvalue weighted by Gasteiger charge is -2.15. The van der Waals surface area contributed by atoms with Crippen LogP contribution in [0.15, 0.2) is 41.2 Å². The smallest absolute Gasteiger partial charge is 0.253 e. The number of H-pyrrole nitrogens is 1. The van der Waals surface area contributed by atoms with Crippen molar-refractivity contribution in [1.82, 2.24) is 4.98 Å². The summed E-state index contributed by atoms with van der Waals surface area (Å²) in [6.45, 7) is 4.43. The molecule has 25 heavy (non-hydrogen) atoms. The zero-order valence-electron chi connectivity index (χ0n) is 14.9. The summed E-state index contributed by atoms with van der Waals surface area (Å²) in [5, 5.41) is 4.28. The third-order valence-corrected chi connectivity index (χ3v) is 4.51. The fraction of sp³-hybridized carbons (Fsp3) is 0.250. The first-order chi connectivity index (χ1) is 12.0. The van der Waals surface area contributed by atoms with E-state index in [-0.39, 0.29) is 5.56 Å². The van der Waals surface area contributed by atoms with E-state index < -0.39 is 0 Å². The Morgan fingerprint density at radius 1 is 1.04 bits per heavy atom. The van der Waals surface area contributed by atoms with E-state index in [0.717, 1.165) is 27.7 Å². The van der Waals surface area contributed by atoms with Crippen molar-refractivity contribution in [2.75, 3.05) is 19.5 Å². The maximum Gasteiger partial charge on any atom is 0.253 e. The maximum absolute atomic E-state index is 12.5. The van der Waals surface area contributed by atoms with Crippen LogP contribution in [0.4, 0.5) is 5.69 Å². The molecule has 0 spiro atoms. The molecule has 0 radical (unpaired) electrons. The topological polar surface area (TPSA) is 63.4 Å². The standard InChI is InChI=1S/C20H22N2O3/c1-12-8-9-14-10-15(20(23)22-18(14)13(12)2)11-21-19-16(24-3)6-5-7-17(19)25-4/h5-10,21H,11H2,1-4H3,(H,22,23). The van der Waals surface area contributed by atoms with Crippen molar-refractivity contribution in [3.63, 3.8) is 0 Å². The van der Waals surface area contributed by atoms with E-state index in [1.807, 2.05) is 44.2 Å². The van der Waals surface area contributed by atoms with Crippen LogP contribution >= 0.6 is 0 Å². The van der Waals surface area contributed by atoms with Crippen molar-refractivity contribution in [1.29, 1.82) is 0 Å². The molecule has 130 valence electrons. The van der Waals surface area contributed by atoms with Gasteiger partial charge in [0, 0.05) is 12.1 Å². The van der Waals surface area contributed by atoms with Crippen LogP contribution in [-0.2, 0) is 6.54 Å². The van der Waals surface area contributed by atoms with Gasteiger partial charge in [-0.3, -0.25) is 4.79 Å². The quantitative estimate of drug-likeness (QED) is 0.743. The minimum Gasteiger partial charge on any atom is -0.494 e. The predicted molar refractivity (Wildman–Crippen MR) is 101 cm³/mol. The molecule has 5 nitrogen and oxygen atoms in total. The summed E-state index contributed by atoms with van der Waals surface area (Å²) >= 11 is 0. The SMILES string of the molecule is COc1cccc(OC)c1NCc1cc2ccc(C)c(C)c2[nH]c1=O. The number of ether oxygens (including phenoxy) is 2. The Labute approximate surface area is 146 Å². The second-order valence-corrected chi connectivity index (χ2v) is 5.99. The molecular formula is C20H22N2O3. The van der Waals surface area contributed by atoms with Crippen molar-refractivity contribution < 1.29 is 9.47 Å². The van der Waals surface area contributed by atoms with Crippen molar-refractivity contribution in [3.8, 4) is 11.5 Å². The molecule has 0 atom stereocenters. The van der Waals surface area contributed by atoms with E-state index in [2.05, 4.69) is 16.4 Å². The molecule has 0 aliphatic heterocycles. The molecule has 0 saturated heterocycles. The summed E-state index contributed by atoms with van der Waals surface area (Å²) in [4.78, 5) is 15.5. The van der Waals surface area contributed by atoms with E-state index in [1.165, 1.54) is 0 Å². The average molecular weight is 338 g/mol. The molecule has 1 heterocycles. The molecule has 2 aromatic carbocycles. The Bertz CT molecular complexity index is 954. The number of aromatic nitrogens is 1. The number of anilines is 1. The highest BCUT2D eigenvalue weighted by Gasteiger charge is 2.11. The molecule has 3 aromatic rings. The summed E-state index contributed by atoms with van der Waals surface area (Å²) in [7, 11) is 3.21. The highest BCUT2D eigenvalue weighted by atomic mass is 16.5. The lowest BCUT2D eigenvalue weighted by atomic mass is 10.0. The van der Waals surface area contributed by atoms with Gasteiger partial charge in [0.25, 0.3) is 5.56 Å². The van der Waals surface area contributed by atoms with Crippen molar-refractivity contribution in [2.24, 2.45) is 0 Å². The normalized spacial score (nSPS) is 10.7. The van der Waals surface area contributed by atoms with Crippen LogP contribution in [0.1, 0.15) is 16.7 Å². The summed E-state index contributed by atoms with van der Waals surface area (Å²) in [5.41, 5.74) is 4.44. The van der Waals surface area contributed by atoms with Crippen LogP contribution in [0.3, 0.4) is 0 Å². The van der Waals surface area contributed by atoms with Crippen molar-refractivity contribution in [3.05, 3.63) is 63.4 Å². The summed E-state index contributed by atoms with van der Waals surface area (Å²) in [6, 6.07) is 11.6. The van der Waals surface area contributed by atoms with Gasteiger partial charge >= 0.3 is 0 Å². The van der Waals surface area contributed by atoms with Crippen molar-refractivity contribution in [2.45, 2.75) is 20.4 Å². The highest BCUT2D eigenvalue weighted by Crippen LogP contribution is 2.34. The van der Waals surface area contributed by atoms with E-state index in [9.17, 15) is 4.79 Å². The van der Waals surface area contributed by atoms with Crippen LogP contribution in [0.25, 0.3) is 10.9 Å². The maximum atomic E-state index is 12.5. The molecule has 0 aliphatic carbocycles. The molecule has 3 rings (SSSR count). The highest BCUT2D eigenvalue weighted by molar-refractivity contribution is 5.83. The first-order valence-electron chi connectivity index (χ1n) is 8.12. The molecule has 0 aliphatic rings. The minimum atomic E-state index is -0.0948. The number of hydrogen-bond acceptors (Lipinski definition) is 4. The third-order valence-electron chi connectivity index (χ3n) is 4.51. The van der Waals surface area contributed by atoms with E-state index >= 15 is 0 Å². The predicted octanol–water partition coefficient (Wildman–Crippen LogP) is 3.77. The second-order valence-electron chi connectivity index (χ2n) is 5.99. The number of rotatable bonds is 5. The third kappa shape index (κ3) is 3.18. The van der Waals surface area contributed by atoms with Gasteiger partial charge in [0.1, 0.15) is 17.2 Å². The Morgan fingerprint density at radius 2 is 1.72 bits per heavy atom. The Hall–Kier alpha value is -2.95. The molecule has 5 heteroatoms. The first-order valence-corrected chi connectivity index (χ1v) is 8.12. The number of aryl methyl sites for hydroxylation is 2. The van der Waals surface area contributed by atoms with Crippen LogP contribution in [-0.4, -0.2) is 19.2 Å². The zero-order chi connectivity index (χ0) is 18.0. The number of nitrogens with one attached hydrogen (secondary N) is 2. The van der Waals surface area contributed by atoms with Gasteiger partial charge in [0.05, 0.1) is 19.7 Å². The molecule has 0 fully saturated rings. The molecular weight excluding hydrogens is 316 g/mol. The number of aromatic amines is 1. The fourth-order valence-electron chi connectivity index (χ4n) is 2.91. The number of para-hydroxylation sites is 1. The van der Waals surface area contributed by atoms with Crippen LogP contribution in [0, 0.1) is 13.8 Å². The summed E-state index contributed by atoms with van der Waals surface area (Å²) in [6.07, 6.45) is 0. The van der Waals surface area contributed by atoms with Gasteiger partial charge in [-0.1, -0.05) is 18.2 Å². The second kappa shape index (κ2) is 6.89. The average Bonchev–Trinajstić information content (AvgIpc) is 2.63. The van der Waals surface area contributed by atoms with Crippen LogP contribution < -0.4 is 20.3 Å². The van der Waals surface area contributed by atoms with E-state index in [1.54, 1.807) is 14.2 Å². The van der Waals surface area contributed by atoms with E-state index in [0.29, 0.717) is 23.6 Å². The lowest BCUT2D eigenvalue weighted by Crippen LogP contribution is -2.16. The van der Waals surface area contributed by atoms with Crippen LogP contribution in [0.5, 0.6) is 11.5 Å². The molecule has 1 aromatic heterocycles. The number of pyridine rings is 1. The molecule has 0 amide bonds. The van der Waals surface area contributed by atoms with Gasteiger partial charge < -0.3 is 19.8 Å². The van der Waals surface area contributed by atoms with Gasteiger partial charge in [0.15, 0.2) is 0 Å². The number of benzene rings is 2. The molecule has 0 bridgehead atoms. The lowest BCUT2D eigenvalue weighted by molar-refractivity contribution is 0.397. The van der Waals surface area contributed by atoms with Gasteiger partial charge in [-0.2, -0.15) is 0 Å². The molecule has 0 saturated carbocycles. The number of hydrogen-bond donors (Lipinski definition) is 2. The molecule has 2 N–H and O–H groups in total. The fourth-order valence-corrected chi connectivity index (χ4v) is 2.91. The zero-order valence-corrected chi connectivity index (χ0v) is 14.9. The summed E-state index contributed by atoms with van der Waals surface area (Å²) in [5.74, 6) is 1.34. The van der Waals surface area contributed by atoms with Gasteiger partial charge in [-0.25, -0.2) is 0 Å². The van der Waals surface area contributed by atoms with Crippen molar-refractivity contribution >= 4 is 16.6 Å². The molecule has 0 unspecified atom stereocenters. The number of methoxy groups -OCH3 is 2. The van der Waals surface area contributed by atoms with Gasteiger partial charge in [-0.05, 0) is 48.6 Å². The minimum absolute atomic E-state index is 0.0948. The Balaban J connectivity index is 1.96. The summed E-state index contributed by atoms with van der Waals surface area (Å²) < 4.78 is 10.8. The van der Waals surface area contributed by atoms with Gasteiger partial charge in [-0.15, -0.1) is 0 Å². The largest absolute Gasteiger partial charge is 0.494 e. The Kier molecular flexibility index (Phi) is 4.65. The number of fused-ring (bicyclic) bond motifs is 1. The van der Waals surface area contributed by atoms with Crippen LogP contribution in [0.2, 0.25) is 0 Å². The first kappa shape index (κ1) is 16.9.